The third kappa shape index (κ3) is 10.0. The van der Waals surface area contributed by atoms with Crippen LogP contribution in [0, 0.1) is 21.1 Å². The van der Waals surface area contributed by atoms with Crippen LogP contribution < -0.4 is 0 Å². The number of hydrogen-bond acceptors (Lipinski definition) is 0. The van der Waals surface area contributed by atoms with Crippen molar-refractivity contribution in [1.82, 2.24) is 4.98 Å². The molecule has 4 heteroatoms. The van der Waals surface area contributed by atoms with E-state index in [0.29, 0.717) is 0 Å². The molecule has 0 unspecified atom stereocenters. The second-order valence-corrected chi connectivity index (χ2v) is 6.72. The Balaban J connectivity index is -0.000000302. The molecule has 0 fully saturated rings. The maximum atomic E-state index is 2.99. The summed E-state index contributed by atoms with van der Waals surface area (Å²) in [7, 11) is 0. The van der Waals surface area contributed by atoms with Gasteiger partial charge in [-0.25, -0.2) is 0 Å². The zero-order valence-corrected chi connectivity index (χ0v) is 18.9. The smallest absolute Gasteiger partial charge is 0.0745 e. The summed E-state index contributed by atoms with van der Waals surface area (Å²) in [4.78, 5) is 2.99. The van der Waals surface area contributed by atoms with Gasteiger partial charge < -0.3 is 19.8 Å². The van der Waals surface area contributed by atoms with E-state index in [1.165, 1.54) is 20.0 Å². The number of hydrogen-bond donors (Lipinski definition) is 1. The molecule has 26 heavy (non-hydrogen) atoms. The molecule has 0 aliphatic carbocycles. The molecular formula is C22H27Cl2NTi-4. The van der Waals surface area contributed by atoms with Crippen molar-refractivity contribution in [1.29, 1.82) is 0 Å². The monoisotopic (exact) mass is 423 g/mol. The summed E-state index contributed by atoms with van der Waals surface area (Å²) in [6.07, 6.45) is 2.91. The van der Waals surface area contributed by atoms with Crippen LogP contribution in [0.5, 0.6) is 0 Å². The average molecular weight is 424 g/mol. The predicted octanol–water partition coefficient (Wildman–Crippen LogP) is 7.02. The summed E-state index contributed by atoms with van der Waals surface area (Å²) in [5.74, 6) is 0. The summed E-state index contributed by atoms with van der Waals surface area (Å²) in [5.41, 5.74) is 1.15. The van der Waals surface area contributed by atoms with Crippen LogP contribution in [0.2, 0.25) is 0 Å². The van der Waals surface area contributed by atoms with Crippen LogP contribution in [0.3, 0.4) is 0 Å². The first-order valence-electron chi connectivity index (χ1n) is 7.23. The molecule has 0 spiro atoms. The standard InChI is InChI=1S/C9H7.C8H6N.C3H6.2CH3.2ClH.Ti/c1-2-5-9-7-3-6-8(9)4-1;1-2-4-8-7(3-1)5-6-9-8;1-3-2;;;;;/h1-7H;1-5,9H;1-2H3;2*1H3;2*1H;/q2*-1;;2*-1;;;. The molecule has 0 saturated carbocycles. The summed E-state index contributed by atoms with van der Waals surface area (Å²) in [5, 5.41) is 3.88. The van der Waals surface area contributed by atoms with Crippen molar-refractivity contribution < 1.29 is 20.0 Å². The molecule has 1 nitrogen and oxygen atoms in total. The molecule has 0 radical (unpaired) electrons. The SMILES string of the molecule is C[C](C)=[Ti].Cl.Cl.[CH3-].[CH3-].[c-]1cc2ccccc2[nH]1.c1ccc2[cH-]ccc2c1. The van der Waals surface area contributed by atoms with E-state index in [9.17, 15) is 0 Å². The van der Waals surface area contributed by atoms with E-state index in [2.05, 4.69) is 93.5 Å². The molecule has 4 rings (SSSR count). The van der Waals surface area contributed by atoms with E-state index in [-0.39, 0.29) is 39.7 Å². The predicted molar refractivity (Wildman–Crippen MR) is 120 cm³/mol. The Labute approximate surface area is 182 Å². The number of para-hydroxylation sites is 1. The maximum absolute atomic E-state index is 2.99. The quantitative estimate of drug-likeness (QED) is 0.231. The molecule has 1 aromatic heterocycles. The van der Waals surface area contributed by atoms with E-state index in [1.807, 2.05) is 24.3 Å². The summed E-state index contributed by atoms with van der Waals surface area (Å²) in [6, 6.07) is 24.7. The molecule has 4 aromatic rings. The van der Waals surface area contributed by atoms with Gasteiger partial charge in [0.25, 0.3) is 0 Å². The molecule has 142 valence electrons. The fraction of sp³-hybridized carbons (Fsp3) is 0.0909. The van der Waals surface area contributed by atoms with E-state index >= 15 is 0 Å². The van der Waals surface area contributed by atoms with E-state index in [1.54, 1.807) is 0 Å². The minimum atomic E-state index is 0. The van der Waals surface area contributed by atoms with Crippen molar-refractivity contribution in [2.24, 2.45) is 0 Å². The van der Waals surface area contributed by atoms with E-state index in [0.717, 1.165) is 5.52 Å². The van der Waals surface area contributed by atoms with Gasteiger partial charge in [0, 0.05) is 0 Å². The Bertz CT molecular complexity index is 719. The fourth-order valence-corrected chi connectivity index (χ4v) is 2.00. The number of H-pyrrole nitrogens is 1. The van der Waals surface area contributed by atoms with Crippen LogP contribution in [0.15, 0.2) is 72.8 Å². The molecule has 0 aliphatic rings. The van der Waals surface area contributed by atoms with E-state index in [4.69, 9.17) is 0 Å². The van der Waals surface area contributed by atoms with Gasteiger partial charge in [0.15, 0.2) is 0 Å². The molecule has 1 N–H and O–H groups in total. The minimum absolute atomic E-state index is 0. The van der Waals surface area contributed by atoms with Gasteiger partial charge in [0.1, 0.15) is 0 Å². The maximum Gasteiger partial charge on any atom is -0.0745 e. The van der Waals surface area contributed by atoms with Crippen LogP contribution in [-0.2, 0) is 20.0 Å². The first-order chi connectivity index (χ1) is 10.7. The van der Waals surface area contributed by atoms with Crippen molar-refractivity contribution >= 4 is 50.3 Å². The Kier molecular flexibility index (Phi) is 18.1. The molecule has 1 heterocycles. The first kappa shape index (κ1) is 29.5. The Morgan fingerprint density at radius 1 is 0.885 bits per heavy atom. The zero-order chi connectivity index (χ0) is 15.8. The van der Waals surface area contributed by atoms with Gasteiger partial charge in [0.05, 0.1) is 0 Å². The Hall–Kier alpha value is -1.25. The number of rotatable bonds is 0. The van der Waals surface area contributed by atoms with Crippen molar-refractivity contribution in [3.63, 3.8) is 0 Å². The van der Waals surface area contributed by atoms with Crippen molar-refractivity contribution in [2.45, 2.75) is 13.8 Å². The van der Waals surface area contributed by atoms with Gasteiger partial charge in [-0.3, -0.25) is 0 Å². The van der Waals surface area contributed by atoms with Gasteiger partial charge in [-0.1, -0.05) is 18.2 Å². The molecule has 0 amide bonds. The summed E-state index contributed by atoms with van der Waals surface area (Å²) in [6.45, 7) is 4.17. The van der Waals surface area contributed by atoms with Crippen LogP contribution in [0.1, 0.15) is 13.8 Å². The van der Waals surface area contributed by atoms with Crippen LogP contribution in [0.25, 0.3) is 21.7 Å². The van der Waals surface area contributed by atoms with Crippen LogP contribution in [0.4, 0.5) is 0 Å². The van der Waals surface area contributed by atoms with Crippen LogP contribution in [-0.4, -0.2) is 8.80 Å². The normalized spacial score (nSPS) is 8.04. The van der Waals surface area contributed by atoms with Crippen LogP contribution >= 0.6 is 24.8 Å². The third-order valence-electron chi connectivity index (χ3n) is 2.94. The van der Waals surface area contributed by atoms with Crippen molar-refractivity contribution in [3.8, 4) is 0 Å². The van der Waals surface area contributed by atoms with Gasteiger partial charge in [-0.15, -0.1) is 78.3 Å². The average Bonchev–Trinajstić information content (AvgIpc) is 3.16. The minimum Gasteiger partial charge on any atom is -0.477 e. The Morgan fingerprint density at radius 3 is 2.00 bits per heavy atom. The largest absolute Gasteiger partial charge is 0.477 e. The number of fused-ring (bicyclic) bond motifs is 2. The first-order valence-corrected chi connectivity index (χ1v) is 8.01. The molecular weight excluding hydrogens is 397 g/mol. The number of nitrogens with one attached hydrogen (secondary N) is 1. The number of halogens is 2. The second kappa shape index (κ2) is 16.0. The molecule has 0 aliphatic heterocycles. The Morgan fingerprint density at radius 2 is 1.42 bits per heavy atom. The number of aromatic amines is 1. The topological polar surface area (TPSA) is 15.8 Å². The summed E-state index contributed by atoms with van der Waals surface area (Å²) < 4.78 is 1.42. The van der Waals surface area contributed by atoms with E-state index < -0.39 is 0 Å². The third-order valence-corrected chi connectivity index (χ3v) is 2.94. The molecule has 0 atom stereocenters. The molecule has 3 aromatic carbocycles. The fourth-order valence-electron chi connectivity index (χ4n) is 2.00. The number of aromatic nitrogens is 1. The van der Waals surface area contributed by atoms with Gasteiger partial charge >= 0.3 is 37.6 Å². The second-order valence-electron chi connectivity index (χ2n) is 5.16. The van der Waals surface area contributed by atoms with Crippen molar-refractivity contribution in [2.75, 3.05) is 0 Å². The molecule has 0 bridgehead atoms. The zero-order valence-electron chi connectivity index (χ0n) is 15.7. The van der Waals surface area contributed by atoms with Gasteiger partial charge in [-0.2, -0.15) is 29.0 Å². The summed E-state index contributed by atoms with van der Waals surface area (Å²) >= 11 is 2.08. The van der Waals surface area contributed by atoms with Crippen molar-refractivity contribution in [3.05, 3.63) is 93.8 Å². The van der Waals surface area contributed by atoms with Gasteiger partial charge in [0.2, 0.25) is 0 Å². The molecule has 0 saturated heterocycles. The number of benzene rings is 2. The van der Waals surface area contributed by atoms with Gasteiger partial charge in [-0.05, 0) is 0 Å².